The van der Waals surface area contributed by atoms with Crippen molar-refractivity contribution in [3.63, 3.8) is 0 Å². The number of anilines is 3. The second-order valence-corrected chi connectivity index (χ2v) is 13.0. The van der Waals surface area contributed by atoms with Crippen molar-refractivity contribution in [2.24, 2.45) is 0 Å². The highest BCUT2D eigenvalue weighted by Gasteiger charge is 2.28. The molecule has 3 aromatic rings. The van der Waals surface area contributed by atoms with E-state index in [9.17, 15) is 22.8 Å². The molecule has 1 aliphatic rings. The van der Waals surface area contributed by atoms with Crippen LogP contribution < -0.4 is 14.5 Å². The highest BCUT2D eigenvalue weighted by Crippen LogP contribution is 2.26. The van der Waals surface area contributed by atoms with Gasteiger partial charge in [-0.25, -0.2) is 13.2 Å². The van der Waals surface area contributed by atoms with Gasteiger partial charge in [0.1, 0.15) is 12.1 Å². The van der Waals surface area contributed by atoms with E-state index in [0.717, 1.165) is 9.99 Å². The molecule has 1 aliphatic heterocycles. The van der Waals surface area contributed by atoms with Gasteiger partial charge in [0.05, 0.1) is 17.2 Å². The Bertz CT molecular complexity index is 1550. The van der Waals surface area contributed by atoms with Gasteiger partial charge in [-0.3, -0.25) is 13.9 Å². The van der Waals surface area contributed by atoms with Gasteiger partial charge >= 0.3 is 12.1 Å². The number of esters is 1. The van der Waals surface area contributed by atoms with E-state index < -0.39 is 28.1 Å². The molecule has 0 aliphatic carbocycles. The number of sulfonamides is 1. The molecule has 1 N–H and O–H groups in total. The lowest BCUT2D eigenvalue weighted by atomic mass is 10.1. The maximum absolute atomic E-state index is 13.4. The highest BCUT2D eigenvalue weighted by molar-refractivity contribution is 7.92. The van der Waals surface area contributed by atoms with Crippen molar-refractivity contribution in [2.45, 2.75) is 38.2 Å². The van der Waals surface area contributed by atoms with Crippen LogP contribution in [-0.4, -0.2) is 76.2 Å². The minimum atomic E-state index is -4.06. The Morgan fingerprint density at radius 3 is 2.05 bits per heavy atom. The average molecular weight is 623 g/mol. The molecular formula is C32H38N4O7S. The van der Waals surface area contributed by atoms with Crippen molar-refractivity contribution in [3.05, 3.63) is 84.4 Å². The van der Waals surface area contributed by atoms with Crippen molar-refractivity contribution in [1.82, 2.24) is 4.90 Å². The number of piperazine rings is 1. The van der Waals surface area contributed by atoms with E-state index in [0.29, 0.717) is 37.4 Å². The molecule has 0 aromatic heterocycles. The van der Waals surface area contributed by atoms with Gasteiger partial charge in [0.15, 0.2) is 0 Å². The fraction of sp³-hybridized carbons (Fsp3) is 0.344. The Morgan fingerprint density at radius 1 is 0.864 bits per heavy atom. The second kappa shape index (κ2) is 13.8. The number of benzene rings is 3. The number of carbonyl (C=O) groups excluding carboxylic acids is 3. The van der Waals surface area contributed by atoms with Crippen LogP contribution >= 0.6 is 0 Å². The summed E-state index contributed by atoms with van der Waals surface area (Å²) in [6.07, 6.45) is -0.318. The second-order valence-electron chi connectivity index (χ2n) is 11.1. The minimum absolute atomic E-state index is 0.0371. The smallest absolute Gasteiger partial charge is 0.410 e. The summed E-state index contributed by atoms with van der Waals surface area (Å²) in [4.78, 5) is 41.5. The van der Waals surface area contributed by atoms with Crippen LogP contribution in [0.5, 0.6) is 0 Å². The minimum Gasteiger partial charge on any atom is -0.465 e. The number of nitrogens with one attached hydrogen (secondary N) is 1. The van der Waals surface area contributed by atoms with Crippen LogP contribution in [0.4, 0.5) is 21.9 Å². The van der Waals surface area contributed by atoms with E-state index in [2.05, 4.69) is 10.2 Å². The van der Waals surface area contributed by atoms with Gasteiger partial charge < -0.3 is 24.6 Å². The van der Waals surface area contributed by atoms with Crippen LogP contribution in [0.1, 0.15) is 38.1 Å². The third kappa shape index (κ3) is 8.28. The highest BCUT2D eigenvalue weighted by atomic mass is 32.2. The Morgan fingerprint density at radius 2 is 1.48 bits per heavy atom. The van der Waals surface area contributed by atoms with Crippen molar-refractivity contribution in [1.29, 1.82) is 0 Å². The summed E-state index contributed by atoms with van der Waals surface area (Å²) >= 11 is 0. The molecular weight excluding hydrogens is 584 g/mol. The van der Waals surface area contributed by atoms with Crippen molar-refractivity contribution in [3.8, 4) is 0 Å². The fourth-order valence-electron chi connectivity index (χ4n) is 4.57. The maximum Gasteiger partial charge on any atom is 0.410 e. The van der Waals surface area contributed by atoms with Gasteiger partial charge in [-0.1, -0.05) is 18.2 Å². The molecule has 12 heteroatoms. The molecule has 0 radical (unpaired) electrons. The van der Waals surface area contributed by atoms with Crippen LogP contribution in [-0.2, 0) is 24.3 Å². The van der Waals surface area contributed by atoms with Gasteiger partial charge in [-0.05, 0) is 88.4 Å². The van der Waals surface area contributed by atoms with Gasteiger partial charge in [-0.2, -0.15) is 0 Å². The molecule has 1 heterocycles. The zero-order valence-corrected chi connectivity index (χ0v) is 26.2. The molecule has 4 rings (SSSR count). The summed E-state index contributed by atoms with van der Waals surface area (Å²) in [5, 5.41) is 2.82. The van der Waals surface area contributed by atoms with E-state index >= 15 is 0 Å². The molecule has 0 atom stereocenters. The van der Waals surface area contributed by atoms with Crippen LogP contribution in [0.25, 0.3) is 0 Å². The number of ether oxygens (including phenoxy) is 2. The lowest BCUT2D eigenvalue weighted by Crippen LogP contribution is -2.50. The Labute approximate surface area is 258 Å². The molecule has 0 bridgehead atoms. The zero-order chi connectivity index (χ0) is 31.9. The summed E-state index contributed by atoms with van der Waals surface area (Å²) in [7, 11) is -4.06. The number of nitrogens with zero attached hydrogens (tertiary/aromatic N) is 3. The molecule has 234 valence electrons. The third-order valence-electron chi connectivity index (χ3n) is 6.75. The summed E-state index contributed by atoms with van der Waals surface area (Å²) < 4.78 is 38.2. The molecule has 11 nitrogen and oxygen atoms in total. The molecule has 0 saturated carbocycles. The molecule has 44 heavy (non-hydrogen) atoms. The maximum atomic E-state index is 13.4. The SMILES string of the molecule is CCOC(=O)CN(c1ccc(NC(=O)c2ccc(N3CCN(C(=O)OC(C)(C)C)CC3)cc2)cc1)S(=O)(=O)c1ccccc1. The molecule has 0 unspecified atom stereocenters. The molecule has 0 spiro atoms. The first-order valence-corrected chi connectivity index (χ1v) is 15.8. The molecule has 1 fully saturated rings. The molecule has 1 saturated heterocycles. The predicted molar refractivity (Wildman–Crippen MR) is 168 cm³/mol. The van der Waals surface area contributed by atoms with E-state index in [1.165, 1.54) is 24.3 Å². The monoisotopic (exact) mass is 622 g/mol. The van der Waals surface area contributed by atoms with Gasteiger partial charge in [0.25, 0.3) is 15.9 Å². The third-order valence-corrected chi connectivity index (χ3v) is 8.54. The summed E-state index contributed by atoms with van der Waals surface area (Å²) in [6.45, 7) is 9.16. The van der Waals surface area contributed by atoms with Crippen LogP contribution in [0, 0.1) is 0 Å². The Balaban J connectivity index is 1.39. The predicted octanol–water partition coefficient (Wildman–Crippen LogP) is 4.75. The van der Waals surface area contributed by atoms with E-state index in [4.69, 9.17) is 9.47 Å². The molecule has 3 aromatic carbocycles. The number of rotatable bonds is 9. The number of hydrogen-bond acceptors (Lipinski definition) is 8. The number of amides is 2. The van der Waals surface area contributed by atoms with Gasteiger partial charge in [-0.15, -0.1) is 0 Å². The number of hydrogen-bond donors (Lipinski definition) is 1. The zero-order valence-electron chi connectivity index (χ0n) is 25.4. The van der Waals surface area contributed by atoms with Crippen molar-refractivity contribution < 1.29 is 32.3 Å². The topological polar surface area (TPSA) is 126 Å². The number of carbonyl (C=O) groups is 3. The van der Waals surface area contributed by atoms with E-state index in [1.807, 2.05) is 32.9 Å². The van der Waals surface area contributed by atoms with Crippen LogP contribution in [0.2, 0.25) is 0 Å². The van der Waals surface area contributed by atoms with E-state index in [1.54, 1.807) is 54.3 Å². The molecule has 2 amide bonds. The summed E-state index contributed by atoms with van der Waals surface area (Å²) in [5.74, 6) is -1.02. The summed E-state index contributed by atoms with van der Waals surface area (Å²) in [6, 6.07) is 21.2. The van der Waals surface area contributed by atoms with Crippen LogP contribution in [0.3, 0.4) is 0 Å². The Kier molecular flexibility index (Phi) is 10.1. The van der Waals surface area contributed by atoms with Crippen molar-refractivity contribution >= 4 is 45.1 Å². The summed E-state index contributed by atoms with van der Waals surface area (Å²) in [5.41, 5.74) is 1.54. The quantitative estimate of drug-likeness (QED) is 0.339. The first-order chi connectivity index (χ1) is 20.9. The fourth-order valence-corrected chi connectivity index (χ4v) is 6.00. The van der Waals surface area contributed by atoms with E-state index in [-0.39, 0.29) is 29.2 Å². The standard InChI is InChI=1S/C32H38N4O7S/c1-5-42-29(37)23-36(44(40,41)28-9-7-6-8-10-28)27-17-13-25(14-18-27)33-30(38)24-11-15-26(16-12-24)34-19-21-35(22-20-34)31(39)43-32(2,3)4/h6-18H,5,19-23H2,1-4H3,(H,33,38). The largest absolute Gasteiger partial charge is 0.465 e. The van der Waals surface area contributed by atoms with Gasteiger partial charge in [0.2, 0.25) is 0 Å². The first kappa shape index (κ1) is 32.3. The van der Waals surface area contributed by atoms with Gasteiger partial charge in [0, 0.05) is 43.1 Å². The Hall–Kier alpha value is -4.58. The lowest BCUT2D eigenvalue weighted by molar-refractivity contribution is -0.141. The first-order valence-electron chi connectivity index (χ1n) is 14.3. The lowest BCUT2D eigenvalue weighted by Gasteiger charge is -2.36. The average Bonchev–Trinajstić information content (AvgIpc) is 3.00. The van der Waals surface area contributed by atoms with Crippen molar-refractivity contribution in [2.75, 3.05) is 53.9 Å². The normalized spacial score (nSPS) is 13.6. The van der Waals surface area contributed by atoms with Crippen LogP contribution in [0.15, 0.2) is 83.8 Å².